The van der Waals surface area contributed by atoms with Crippen molar-refractivity contribution in [1.82, 2.24) is 20.2 Å². The van der Waals surface area contributed by atoms with Crippen LogP contribution in [0.3, 0.4) is 0 Å². The Morgan fingerprint density at radius 3 is 2.71 bits per heavy atom. The lowest BCUT2D eigenvalue weighted by atomic mass is 10.0. The van der Waals surface area contributed by atoms with Crippen LogP contribution in [-0.4, -0.2) is 64.9 Å². The Bertz CT molecular complexity index is 1340. The number of methoxy groups -OCH3 is 1. The Morgan fingerprint density at radius 1 is 1.21 bits per heavy atom. The molecule has 0 bridgehead atoms. The first-order chi connectivity index (χ1) is 18.4. The summed E-state index contributed by atoms with van der Waals surface area (Å²) in [6, 6.07) is 5.29. The number of carbonyl (C=O) groups is 2. The molecule has 2 aromatic heterocycles. The van der Waals surface area contributed by atoms with Gasteiger partial charge in [-0.3, -0.25) is 4.79 Å². The molecular formula is C26H31N7O5. The normalized spacial score (nSPS) is 17.5. The van der Waals surface area contributed by atoms with Crippen LogP contribution in [-0.2, 0) is 9.53 Å². The lowest BCUT2D eigenvalue weighted by Gasteiger charge is -2.43. The Kier molecular flexibility index (Phi) is 7.12. The van der Waals surface area contributed by atoms with Crippen LogP contribution < -0.4 is 19.9 Å². The SMILES string of the molecule is CCOC(=O)c1nnc(-c2ccc(Nc3ncc4c(n3)N(C3CCCC3)C(CC)C(=O)N4C)c(OC)c2)o1. The van der Waals surface area contributed by atoms with Gasteiger partial charge in [-0.15, -0.1) is 10.2 Å². The number of nitrogens with zero attached hydrogens (tertiary/aromatic N) is 6. The van der Waals surface area contributed by atoms with Gasteiger partial charge >= 0.3 is 11.9 Å². The third kappa shape index (κ3) is 4.61. The van der Waals surface area contributed by atoms with Crippen LogP contribution in [0.5, 0.6) is 5.75 Å². The van der Waals surface area contributed by atoms with Crippen molar-refractivity contribution in [1.29, 1.82) is 0 Å². The highest BCUT2D eigenvalue weighted by molar-refractivity contribution is 6.04. The largest absolute Gasteiger partial charge is 0.495 e. The van der Waals surface area contributed by atoms with Crippen LogP contribution in [0.25, 0.3) is 11.5 Å². The second-order valence-electron chi connectivity index (χ2n) is 9.24. The van der Waals surface area contributed by atoms with Crippen LogP contribution in [0, 0.1) is 0 Å². The average Bonchev–Trinajstić information content (AvgIpc) is 3.64. The summed E-state index contributed by atoms with van der Waals surface area (Å²) in [7, 11) is 3.32. The number of hydrogen-bond donors (Lipinski definition) is 1. The number of likely N-dealkylation sites (N-methyl/N-ethyl adjacent to an activating group) is 1. The fourth-order valence-electron chi connectivity index (χ4n) is 5.11. The maximum Gasteiger partial charge on any atom is 0.396 e. The minimum atomic E-state index is -0.676. The molecule has 1 N–H and O–H groups in total. The summed E-state index contributed by atoms with van der Waals surface area (Å²) in [6.07, 6.45) is 6.78. The Hall–Kier alpha value is -4.22. The molecule has 2 aliphatic rings. The highest BCUT2D eigenvalue weighted by Gasteiger charge is 2.41. The van der Waals surface area contributed by atoms with E-state index < -0.39 is 5.97 Å². The van der Waals surface area contributed by atoms with Crippen LogP contribution in [0.2, 0.25) is 0 Å². The molecule has 200 valence electrons. The van der Waals surface area contributed by atoms with Gasteiger partial charge in [-0.1, -0.05) is 19.8 Å². The van der Waals surface area contributed by atoms with Crippen LogP contribution in [0.4, 0.5) is 23.1 Å². The second-order valence-corrected chi connectivity index (χ2v) is 9.24. The standard InChI is InChI=1S/C26H31N7O5/c1-5-18-24(34)32(3)19-14-27-26(29-21(19)33(18)16-9-7-8-10-16)28-17-12-11-15(13-20(17)36-4)22-30-31-23(38-22)25(35)37-6-2/h11-14,16,18H,5-10H2,1-4H3,(H,27,28,29). The van der Waals surface area contributed by atoms with Gasteiger partial charge in [0.1, 0.15) is 17.5 Å². The summed E-state index contributed by atoms with van der Waals surface area (Å²) >= 11 is 0. The van der Waals surface area contributed by atoms with E-state index in [1.54, 1.807) is 50.4 Å². The molecule has 1 amide bonds. The summed E-state index contributed by atoms with van der Waals surface area (Å²) in [4.78, 5) is 38.2. The number of amides is 1. The molecule has 0 saturated heterocycles. The number of aromatic nitrogens is 4. The molecule has 12 heteroatoms. The maximum absolute atomic E-state index is 13.1. The van der Waals surface area contributed by atoms with Gasteiger partial charge in [-0.05, 0) is 44.4 Å². The Balaban J connectivity index is 1.44. The first kappa shape index (κ1) is 25.4. The van der Waals surface area contributed by atoms with Crippen molar-refractivity contribution in [2.45, 2.75) is 58.0 Å². The van der Waals surface area contributed by atoms with Gasteiger partial charge in [0, 0.05) is 18.7 Å². The molecule has 12 nitrogen and oxygen atoms in total. The minimum Gasteiger partial charge on any atom is -0.495 e. The number of rotatable bonds is 8. The van der Waals surface area contributed by atoms with E-state index in [-0.39, 0.29) is 36.4 Å². The van der Waals surface area contributed by atoms with Crippen molar-refractivity contribution >= 4 is 35.0 Å². The molecule has 5 rings (SSSR count). The molecule has 1 aliphatic carbocycles. The number of nitrogens with one attached hydrogen (secondary N) is 1. The summed E-state index contributed by atoms with van der Waals surface area (Å²) in [5.41, 5.74) is 1.90. The Morgan fingerprint density at radius 2 is 2.00 bits per heavy atom. The van der Waals surface area contributed by atoms with E-state index in [0.29, 0.717) is 35.1 Å². The number of anilines is 4. The van der Waals surface area contributed by atoms with Crippen molar-refractivity contribution in [3.05, 3.63) is 30.3 Å². The highest BCUT2D eigenvalue weighted by Crippen LogP contribution is 2.40. The monoisotopic (exact) mass is 521 g/mol. The van der Waals surface area contributed by atoms with Gasteiger partial charge in [-0.25, -0.2) is 9.78 Å². The molecule has 3 heterocycles. The number of benzene rings is 1. The Labute approximate surface area is 220 Å². The molecule has 1 saturated carbocycles. The number of fused-ring (bicyclic) bond motifs is 1. The van der Waals surface area contributed by atoms with Crippen molar-refractivity contribution < 1.29 is 23.5 Å². The second kappa shape index (κ2) is 10.6. The topological polar surface area (TPSA) is 136 Å². The lowest BCUT2D eigenvalue weighted by molar-refractivity contribution is -0.120. The molecular weight excluding hydrogens is 490 g/mol. The predicted octanol–water partition coefficient (Wildman–Crippen LogP) is 3.96. The van der Waals surface area contributed by atoms with Crippen LogP contribution >= 0.6 is 0 Å². The molecule has 1 aliphatic heterocycles. The molecule has 3 aromatic rings. The molecule has 1 fully saturated rings. The van der Waals surface area contributed by atoms with E-state index in [2.05, 4.69) is 25.4 Å². The van der Waals surface area contributed by atoms with Crippen molar-refractivity contribution in [3.63, 3.8) is 0 Å². The molecule has 1 unspecified atom stereocenters. The molecule has 1 aromatic carbocycles. The predicted molar refractivity (Wildman–Crippen MR) is 140 cm³/mol. The first-order valence-corrected chi connectivity index (χ1v) is 12.8. The first-order valence-electron chi connectivity index (χ1n) is 12.8. The van der Waals surface area contributed by atoms with Crippen molar-refractivity contribution in [2.75, 3.05) is 35.9 Å². The quantitative estimate of drug-likeness (QED) is 0.431. The number of hydrogen-bond acceptors (Lipinski definition) is 11. The number of carbonyl (C=O) groups excluding carboxylic acids is 2. The van der Waals surface area contributed by atoms with E-state index in [4.69, 9.17) is 18.9 Å². The zero-order chi connectivity index (χ0) is 26.8. The van der Waals surface area contributed by atoms with E-state index >= 15 is 0 Å². The smallest absolute Gasteiger partial charge is 0.396 e. The average molecular weight is 522 g/mol. The van der Waals surface area contributed by atoms with Gasteiger partial charge in [0.25, 0.3) is 0 Å². The summed E-state index contributed by atoms with van der Waals surface area (Å²) < 4.78 is 16.0. The zero-order valence-electron chi connectivity index (χ0n) is 21.9. The van der Waals surface area contributed by atoms with Gasteiger partial charge in [0.15, 0.2) is 5.82 Å². The zero-order valence-corrected chi connectivity index (χ0v) is 21.9. The van der Waals surface area contributed by atoms with Crippen molar-refractivity contribution in [2.24, 2.45) is 0 Å². The van der Waals surface area contributed by atoms with Gasteiger partial charge in [0.2, 0.25) is 17.7 Å². The minimum absolute atomic E-state index is 0.0700. The fraction of sp³-hybridized carbons (Fsp3) is 0.462. The van der Waals surface area contributed by atoms with Crippen LogP contribution in [0.15, 0.2) is 28.8 Å². The van der Waals surface area contributed by atoms with Gasteiger partial charge in [-0.2, -0.15) is 4.98 Å². The third-order valence-electron chi connectivity index (χ3n) is 6.98. The van der Waals surface area contributed by atoms with Gasteiger partial charge < -0.3 is 29.0 Å². The molecule has 0 radical (unpaired) electrons. The number of esters is 1. The maximum atomic E-state index is 13.1. The van der Waals surface area contributed by atoms with Gasteiger partial charge in [0.05, 0.1) is 25.6 Å². The number of ether oxygens (including phenoxy) is 2. The molecule has 1 atom stereocenters. The fourth-order valence-corrected chi connectivity index (χ4v) is 5.11. The van der Waals surface area contributed by atoms with Crippen LogP contribution in [0.1, 0.15) is 56.6 Å². The summed E-state index contributed by atoms with van der Waals surface area (Å²) in [5.74, 6) is 0.978. The highest BCUT2D eigenvalue weighted by atomic mass is 16.5. The third-order valence-corrected chi connectivity index (χ3v) is 6.98. The summed E-state index contributed by atoms with van der Waals surface area (Å²) in [5, 5.41) is 11.0. The van der Waals surface area contributed by atoms with E-state index in [0.717, 1.165) is 31.5 Å². The van der Waals surface area contributed by atoms with E-state index in [1.165, 1.54) is 0 Å². The molecule has 0 spiro atoms. The lowest BCUT2D eigenvalue weighted by Crippen LogP contribution is -2.55. The molecule has 38 heavy (non-hydrogen) atoms. The van der Waals surface area contributed by atoms with E-state index in [9.17, 15) is 9.59 Å². The van der Waals surface area contributed by atoms with Crippen molar-refractivity contribution in [3.8, 4) is 17.2 Å². The van der Waals surface area contributed by atoms with E-state index in [1.807, 2.05) is 6.92 Å². The summed E-state index contributed by atoms with van der Waals surface area (Å²) in [6.45, 7) is 3.94.